The Kier molecular flexibility index (Phi) is 4.81. The second-order valence-electron chi connectivity index (χ2n) is 6.84. The molecular weight excluding hydrogens is 276 g/mol. The highest BCUT2D eigenvalue weighted by Gasteiger charge is 2.35. The zero-order valence-electron chi connectivity index (χ0n) is 13.9. The first-order valence-electron chi connectivity index (χ1n) is 8.67. The maximum atomic E-state index is 12.6. The fourth-order valence-electron chi connectivity index (χ4n) is 3.94. The minimum absolute atomic E-state index is 0.296. The normalized spacial score (nSPS) is 25.5. The van der Waals surface area contributed by atoms with Gasteiger partial charge in [0.05, 0.1) is 0 Å². The van der Waals surface area contributed by atoms with E-state index in [1.807, 2.05) is 17.7 Å². The van der Waals surface area contributed by atoms with Gasteiger partial charge in [0.15, 0.2) is 0 Å². The van der Waals surface area contributed by atoms with Crippen LogP contribution in [0.5, 0.6) is 0 Å². The Bertz CT molecular complexity index is 513. The average Bonchev–Trinajstić information content (AvgIpc) is 2.73. The number of amides is 1. The fourth-order valence-corrected chi connectivity index (χ4v) is 3.94. The van der Waals surface area contributed by atoms with Crippen LogP contribution in [0.1, 0.15) is 38.3 Å². The summed E-state index contributed by atoms with van der Waals surface area (Å²) in [5.74, 6) is 0.964. The summed E-state index contributed by atoms with van der Waals surface area (Å²) < 4.78 is 1.92. The molecular formula is C17H28N4O. The maximum absolute atomic E-state index is 12.6. The summed E-state index contributed by atoms with van der Waals surface area (Å²) in [6.07, 6.45) is 6.11. The van der Waals surface area contributed by atoms with Crippen molar-refractivity contribution < 1.29 is 4.79 Å². The van der Waals surface area contributed by atoms with Gasteiger partial charge in [-0.25, -0.2) is 0 Å². The van der Waals surface area contributed by atoms with Crippen molar-refractivity contribution in [3.05, 3.63) is 18.0 Å². The lowest BCUT2D eigenvalue weighted by Gasteiger charge is -2.35. The predicted molar refractivity (Wildman–Crippen MR) is 86.5 cm³/mol. The highest BCUT2D eigenvalue weighted by molar-refractivity contribution is 5.76. The minimum atomic E-state index is 0.296. The lowest BCUT2D eigenvalue weighted by molar-refractivity contribution is -0.131. The number of fused-ring (bicyclic) bond motifs is 4. The summed E-state index contributed by atoms with van der Waals surface area (Å²) >= 11 is 0. The zero-order valence-corrected chi connectivity index (χ0v) is 13.9. The van der Waals surface area contributed by atoms with E-state index in [9.17, 15) is 4.79 Å². The monoisotopic (exact) mass is 304 g/mol. The molecule has 0 aliphatic carbocycles. The van der Waals surface area contributed by atoms with E-state index in [1.54, 1.807) is 6.20 Å². The van der Waals surface area contributed by atoms with Crippen LogP contribution in [-0.4, -0.2) is 57.7 Å². The second kappa shape index (κ2) is 6.82. The molecule has 0 N–H and O–H groups in total. The molecule has 5 nitrogen and oxygen atoms in total. The van der Waals surface area contributed by atoms with Crippen molar-refractivity contribution in [2.45, 2.75) is 52.1 Å². The van der Waals surface area contributed by atoms with E-state index in [0.29, 0.717) is 30.8 Å². The Morgan fingerprint density at radius 3 is 2.86 bits per heavy atom. The summed E-state index contributed by atoms with van der Waals surface area (Å²) in [6.45, 7) is 9.21. The molecule has 3 aliphatic rings. The van der Waals surface area contributed by atoms with E-state index in [4.69, 9.17) is 0 Å². The van der Waals surface area contributed by atoms with E-state index in [1.165, 1.54) is 32.4 Å². The first-order valence-corrected chi connectivity index (χ1v) is 8.67. The number of carbonyl (C=O) groups is 1. The molecule has 0 saturated carbocycles. The Labute approximate surface area is 133 Å². The van der Waals surface area contributed by atoms with Gasteiger partial charge in [-0.3, -0.25) is 14.4 Å². The van der Waals surface area contributed by atoms with E-state index in [0.717, 1.165) is 18.8 Å². The number of piperidine rings is 1. The van der Waals surface area contributed by atoms with Gasteiger partial charge in [-0.05, 0) is 44.7 Å². The maximum Gasteiger partial charge on any atom is 0.224 e. The summed E-state index contributed by atoms with van der Waals surface area (Å²) in [5.41, 5.74) is 1.12. The average molecular weight is 304 g/mol. The van der Waals surface area contributed by atoms with Crippen LogP contribution in [0.4, 0.5) is 0 Å². The largest absolute Gasteiger partial charge is 0.341 e. The Morgan fingerprint density at radius 1 is 1.27 bits per heavy atom. The number of aryl methyl sites for hydroxylation is 2. The molecule has 1 aromatic rings. The third-order valence-electron chi connectivity index (χ3n) is 5.16. The highest BCUT2D eigenvalue weighted by atomic mass is 16.2. The molecule has 1 amide bonds. The molecule has 3 fully saturated rings. The van der Waals surface area contributed by atoms with Crippen molar-refractivity contribution in [3.63, 3.8) is 0 Å². The third-order valence-corrected chi connectivity index (χ3v) is 5.16. The smallest absolute Gasteiger partial charge is 0.224 e. The van der Waals surface area contributed by atoms with Crippen LogP contribution in [0.15, 0.2) is 12.3 Å². The quantitative estimate of drug-likeness (QED) is 0.834. The number of rotatable bonds is 5. The van der Waals surface area contributed by atoms with Crippen molar-refractivity contribution in [1.82, 2.24) is 19.6 Å². The van der Waals surface area contributed by atoms with E-state index >= 15 is 0 Å². The molecule has 2 bridgehead atoms. The summed E-state index contributed by atoms with van der Waals surface area (Å²) in [6, 6.07) is 2.56. The zero-order chi connectivity index (χ0) is 15.5. The van der Waals surface area contributed by atoms with E-state index < -0.39 is 0 Å². The molecule has 2 atom stereocenters. The van der Waals surface area contributed by atoms with Crippen molar-refractivity contribution in [2.75, 3.05) is 26.2 Å². The summed E-state index contributed by atoms with van der Waals surface area (Å²) in [4.78, 5) is 17.3. The molecule has 22 heavy (non-hydrogen) atoms. The topological polar surface area (TPSA) is 41.4 Å². The molecule has 0 radical (unpaired) electrons. The molecule has 0 unspecified atom stereocenters. The van der Waals surface area contributed by atoms with E-state index in [-0.39, 0.29) is 0 Å². The number of hydrogen-bond acceptors (Lipinski definition) is 3. The van der Waals surface area contributed by atoms with Gasteiger partial charge in [0.25, 0.3) is 0 Å². The SMILES string of the molecule is CCCN1C[C@@H]2CC[C@H]1CN(C(=O)CCn1nccc1C)C2. The molecule has 5 heteroatoms. The lowest BCUT2D eigenvalue weighted by Crippen LogP contribution is -2.44. The van der Waals surface area contributed by atoms with Crippen LogP contribution in [0.25, 0.3) is 0 Å². The van der Waals surface area contributed by atoms with Crippen LogP contribution >= 0.6 is 0 Å². The van der Waals surface area contributed by atoms with Crippen molar-refractivity contribution in [2.24, 2.45) is 5.92 Å². The van der Waals surface area contributed by atoms with E-state index in [2.05, 4.69) is 21.8 Å². The predicted octanol–water partition coefficient (Wildman–Crippen LogP) is 1.91. The summed E-state index contributed by atoms with van der Waals surface area (Å²) in [7, 11) is 0. The van der Waals surface area contributed by atoms with Crippen molar-refractivity contribution in [1.29, 1.82) is 0 Å². The Balaban J connectivity index is 1.58. The number of carbonyl (C=O) groups excluding carboxylic acids is 1. The van der Waals surface area contributed by atoms with Crippen molar-refractivity contribution in [3.8, 4) is 0 Å². The van der Waals surface area contributed by atoms with Gasteiger partial charge in [-0.1, -0.05) is 6.92 Å². The molecule has 3 saturated heterocycles. The first kappa shape index (κ1) is 15.5. The standard InChI is InChI=1S/C17H28N4O/c1-3-9-19-11-15-4-5-16(19)13-20(12-15)17(22)7-10-21-14(2)6-8-18-21/h6,8,15-16H,3-5,7,9-13H2,1-2H3/t15-,16-/m0/s1. The fraction of sp³-hybridized carbons (Fsp3) is 0.765. The van der Waals surface area contributed by atoms with Crippen LogP contribution in [0.3, 0.4) is 0 Å². The van der Waals surface area contributed by atoms with Crippen molar-refractivity contribution >= 4 is 5.91 Å². The van der Waals surface area contributed by atoms with Gasteiger partial charge in [0, 0.05) is 50.5 Å². The van der Waals surface area contributed by atoms with Gasteiger partial charge in [0.1, 0.15) is 0 Å². The van der Waals surface area contributed by atoms with Crippen LogP contribution in [-0.2, 0) is 11.3 Å². The molecule has 0 spiro atoms. The van der Waals surface area contributed by atoms with Gasteiger partial charge < -0.3 is 4.90 Å². The molecule has 0 aromatic carbocycles. The van der Waals surface area contributed by atoms with Gasteiger partial charge in [-0.15, -0.1) is 0 Å². The molecule has 1 aromatic heterocycles. The Morgan fingerprint density at radius 2 is 2.14 bits per heavy atom. The second-order valence-corrected chi connectivity index (χ2v) is 6.84. The van der Waals surface area contributed by atoms with Crippen LogP contribution in [0.2, 0.25) is 0 Å². The van der Waals surface area contributed by atoms with Crippen LogP contribution < -0.4 is 0 Å². The summed E-state index contributed by atoms with van der Waals surface area (Å²) in [5, 5.41) is 4.27. The van der Waals surface area contributed by atoms with Crippen LogP contribution in [0, 0.1) is 12.8 Å². The molecule has 122 valence electrons. The van der Waals surface area contributed by atoms with Gasteiger partial charge in [0.2, 0.25) is 5.91 Å². The molecule has 4 rings (SSSR count). The number of aromatic nitrogens is 2. The number of nitrogens with zero attached hydrogens (tertiary/aromatic N) is 4. The Hall–Kier alpha value is -1.36. The lowest BCUT2D eigenvalue weighted by atomic mass is 9.95. The molecule has 4 heterocycles. The molecule has 3 aliphatic heterocycles. The van der Waals surface area contributed by atoms with Gasteiger partial charge >= 0.3 is 0 Å². The van der Waals surface area contributed by atoms with Gasteiger partial charge in [-0.2, -0.15) is 5.10 Å². The number of hydrogen-bond donors (Lipinski definition) is 0. The minimum Gasteiger partial charge on any atom is -0.341 e. The first-order chi connectivity index (χ1) is 10.7. The third kappa shape index (κ3) is 3.35. The highest BCUT2D eigenvalue weighted by Crippen LogP contribution is 2.28.